The molecule has 0 fully saturated rings. The Bertz CT molecular complexity index is 548. The summed E-state index contributed by atoms with van der Waals surface area (Å²) in [5.74, 6) is 0.101. The van der Waals surface area contributed by atoms with Crippen LogP contribution in [0.3, 0.4) is 0 Å². The summed E-state index contributed by atoms with van der Waals surface area (Å²) in [5.41, 5.74) is 0.791. The average Bonchev–Trinajstić information content (AvgIpc) is 2.53. The SMILES string of the molecule is FC(F)(F)Cn1c(CCl)nc2cc(Cl)ccc21. The standard InChI is InChI=1S/C10H7Cl2F3N2/c11-4-9-16-7-3-6(12)1-2-8(7)17(9)5-10(13,14)15/h1-3H,4-5H2. The Balaban J connectivity index is 2.58. The van der Waals surface area contributed by atoms with Gasteiger partial charge in [-0.2, -0.15) is 13.2 Å². The van der Waals surface area contributed by atoms with Crippen molar-refractivity contribution >= 4 is 34.2 Å². The van der Waals surface area contributed by atoms with Gasteiger partial charge in [0.15, 0.2) is 0 Å². The van der Waals surface area contributed by atoms with Crippen molar-refractivity contribution in [3.63, 3.8) is 0 Å². The fourth-order valence-corrected chi connectivity index (χ4v) is 1.98. The third-order valence-corrected chi connectivity index (χ3v) is 2.72. The van der Waals surface area contributed by atoms with E-state index in [4.69, 9.17) is 23.2 Å². The summed E-state index contributed by atoms with van der Waals surface area (Å²) in [7, 11) is 0. The molecule has 2 nitrogen and oxygen atoms in total. The molecule has 1 aromatic heterocycles. The van der Waals surface area contributed by atoms with Crippen LogP contribution in [0.4, 0.5) is 13.2 Å². The first-order valence-electron chi connectivity index (χ1n) is 4.68. The second-order valence-electron chi connectivity index (χ2n) is 3.50. The van der Waals surface area contributed by atoms with Gasteiger partial charge in [-0.25, -0.2) is 4.98 Å². The van der Waals surface area contributed by atoms with E-state index >= 15 is 0 Å². The zero-order valence-corrected chi connectivity index (χ0v) is 9.94. The molecular weight excluding hydrogens is 276 g/mol. The lowest BCUT2D eigenvalue weighted by atomic mass is 10.3. The first-order valence-corrected chi connectivity index (χ1v) is 5.59. The minimum Gasteiger partial charge on any atom is -0.318 e. The summed E-state index contributed by atoms with van der Waals surface area (Å²) in [5, 5.41) is 0.426. The first-order chi connectivity index (χ1) is 7.90. The van der Waals surface area contributed by atoms with E-state index in [9.17, 15) is 13.2 Å². The van der Waals surface area contributed by atoms with Gasteiger partial charge in [0.2, 0.25) is 0 Å². The molecular formula is C10H7Cl2F3N2. The largest absolute Gasteiger partial charge is 0.406 e. The fourth-order valence-electron chi connectivity index (χ4n) is 1.61. The summed E-state index contributed by atoms with van der Waals surface area (Å²) in [6, 6.07) is 4.54. The Hall–Kier alpha value is -0.940. The summed E-state index contributed by atoms with van der Waals surface area (Å²) in [6.07, 6.45) is -4.31. The van der Waals surface area contributed by atoms with Crippen LogP contribution in [0, 0.1) is 0 Å². The van der Waals surface area contributed by atoms with Gasteiger partial charge >= 0.3 is 6.18 Å². The number of halogens is 5. The van der Waals surface area contributed by atoms with Crippen LogP contribution in [0.5, 0.6) is 0 Å². The molecule has 0 N–H and O–H groups in total. The lowest BCUT2D eigenvalue weighted by Crippen LogP contribution is -2.19. The van der Waals surface area contributed by atoms with E-state index in [2.05, 4.69) is 4.98 Å². The van der Waals surface area contributed by atoms with E-state index < -0.39 is 12.7 Å². The van der Waals surface area contributed by atoms with Crippen molar-refractivity contribution in [2.45, 2.75) is 18.6 Å². The monoisotopic (exact) mass is 282 g/mol. The van der Waals surface area contributed by atoms with Crippen LogP contribution in [-0.4, -0.2) is 15.7 Å². The molecule has 92 valence electrons. The van der Waals surface area contributed by atoms with Gasteiger partial charge in [0.05, 0.1) is 16.9 Å². The van der Waals surface area contributed by atoms with Gasteiger partial charge in [-0.1, -0.05) is 11.6 Å². The van der Waals surface area contributed by atoms with E-state index in [0.717, 1.165) is 4.57 Å². The van der Waals surface area contributed by atoms with E-state index in [0.29, 0.717) is 16.1 Å². The van der Waals surface area contributed by atoms with Crippen LogP contribution in [0.25, 0.3) is 11.0 Å². The van der Waals surface area contributed by atoms with E-state index in [1.54, 1.807) is 0 Å². The molecule has 0 bridgehead atoms. The highest BCUT2D eigenvalue weighted by Crippen LogP contribution is 2.26. The Kier molecular flexibility index (Phi) is 3.23. The van der Waals surface area contributed by atoms with E-state index in [1.165, 1.54) is 18.2 Å². The van der Waals surface area contributed by atoms with Crippen molar-refractivity contribution in [1.29, 1.82) is 0 Å². The highest BCUT2D eigenvalue weighted by molar-refractivity contribution is 6.31. The molecule has 0 atom stereocenters. The van der Waals surface area contributed by atoms with Crippen LogP contribution in [-0.2, 0) is 12.4 Å². The second-order valence-corrected chi connectivity index (χ2v) is 4.20. The summed E-state index contributed by atoms with van der Waals surface area (Å²) < 4.78 is 38.3. The van der Waals surface area contributed by atoms with Gasteiger partial charge in [0, 0.05) is 5.02 Å². The highest BCUT2D eigenvalue weighted by atomic mass is 35.5. The molecule has 0 spiro atoms. The van der Waals surface area contributed by atoms with E-state index in [1.807, 2.05) is 0 Å². The van der Waals surface area contributed by atoms with Crippen molar-refractivity contribution in [3.8, 4) is 0 Å². The molecule has 2 aromatic rings. The van der Waals surface area contributed by atoms with Crippen molar-refractivity contribution in [2.24, 2.45) is 0 Å². The maximum absolute atomic E-state index is 12.4. The van der Waals surface area contributed by atoms with Gasteiger partial charge in [0.25, 0.3) is 0 Å². The zero-order valence-electron chi connectivity index (χ0n) is 8.43. The number of imidazole rings is 1. The molecule has 7 heteroatoms. The number of rotatable bonds is 2. The average molecular weight is 283 g/mol. The Labute approximate surface area is 105 Å². The predicted octanol–water partition coefficient (Wildman–Crippen LogP) is 3.99. The maximum atomic E-state index is 12.4. The molecule has 2 rings (SSSR count). The van der Waals surface area contributed by atoms with Crippen LogP contribution in [0.2, 0.25) is 5.02 Å². The molecule has 0 unspecified atom stereocenters. The van der Waals surface area contributed by atoms with Crippen molar-refractivity contribution in [3.05, 3.63) is 29.0 Å². The van der Waals surface area contributed by atoms with Gasteiger partial charge in [-0.15, -0.1) is 11.6 Å². The number of aromatic nitrogens is 2. The molecule has 0 amide bonds. The molecule has 17 heavy (non-hydrogen) atoms. The van der Waals surface area contributed by atoms with Crippen LogP contribution < -0.4 is 0 Å². The Morgan fingerprint density at radius 2 is 2.00 bits per heavy atom. The minimum absolute atomic E-state index is 0.0810. The van der Waals surface area contributed by atoms with Gasteiger partial charge < -0.3 is 4.57 Å². The maximum Gasteiger partial charge on any atom is 0.406 e. The normalized spacial score (nSPS) is 12.3. The number of fused-ring (bicyclic) bond motifs is 1. The fraction of sp³-hybridized carbons (Fsp3) is 0.300. The van der Waals surface area contributed by atoms with Crippen molar-refractivity contribution in [1.82, 2.24) is 9.55 Å². The third-order valence-electron chi connectivity index (χ3n) is 2.25. The Morgan fingerprint density at radius 1 is 1.29 bits per heavy atom. The predicted molar refractivity (Wildman–Crippen MR) is 60.4 cm³/mol. The second kappa shape index (κ2) is 4.38. The van der Waals surface area contributed by atoms with Crippen molar-refractivity contribution < 1.29 is 13.2 Å². The molecule has 0 saturated heterocycles. The molecule has 0 aliphatic carbocycles. The Morgan fingerprint density at radius 3 is 2.59 bits per heavy atom. The third kappa shape index (κ3) is 2.66. The summed E-state index contributed by atoms with van der Waals surface area (Å²) >= 11 is 11.3. The van der Waals surface area contributed by atoms with Crippen LogP contribution in [0.15, 0.2) is 18.2 Å². The molecule has 0 radical (unpaired) electrons. The summed E-state index contributed by atoms with van der Waals surface area (Å²) in [4.78, 5) is 4.02. The summed E-state index contributed by atoms with van der Waals surface area (Å²) in [6.45, 7) is -1.10. The topological polar surface area (TPSA) is 17.8 Å². The zero-order chi connectivity index (χ0) is 12.6. The van der Waals surface area contributed by atoms with Gasteiger partial charge in [-0.3, -0.25) is 0 Å². The lowest BCUT2D eigenvalue weighted by Gasteiger charge is -2.10. The van der Waals surface area contributed by atoms with Crippen molar-refractivity contribution in [2.75, 3.05) is 0 Å². The number of hydrogen-bond acceptors (Lipinski definition) is 1. The number of benzene rings is 1. The number of nitrogens with zero attached hydrogens (tertiary/aromatic N) is 2. The smallest absolute Gasteiger partial charge is 0.318 e. The number of alkyl halides is 4. The minimum atomic E-state index is -4.31. The van der Waals surface area contributed by atoms with Crippen LogP contribution >= 0.6 is 23.2 Å². The number of hydrogen-bond donors (Lipinski definition) is 0. The molecule has 0 aliphatic rings. The van der Waals surface area contributed by atoms with Crippen LogP contribution in [0.1, 0.15) is 5.82 Å². The molecule has 0 aliphatic heterocycles. The molecule has 1 heterocycles. The van der Waals surface area contributed by atoms with E-state index in [-0.39, 0.29) is 11.7 Å². The van der Waals surface area contributed by atoms with Gasteiger partial charge in [-0.05, 0) is 18.2 Å². The first kappa shape index (κ1) is 12.5. The molecule has 1 aromatic carbocycles. The quantitative estimate of drug-likeness (QED) is 0.762. The highest BCUT2D eigenvalue weighted by Gasteiger charge is 2.30. The van der Waals surface area contributed by atoms with Gasteiger partial charge in [0.1, 0.15) is 12.4 Å². The molecule has 0 saturated carbocycles. The lowest BCUT2D eigenvalue weighted by molar-refractivity contribution is -0.140.